The summed E-state index contributed by atoms with van der Waals surface area (Å²) < 4.78 is 29.5. The first-order valence-corrected chi connectivity index (χ1v) is 8.53. The van der Waals surface area contributed by atoms with Crippen LogP contribution in [0.15, 0.2) is 36.5 Å². The molecule has 0 unspecified atom stereocenters. The van der Waals surface area contributed by atoms with Crippen molar-refractivity contribution in [1.82, 2.24) is 0 Å². The molecule has 0 rings (SSSR count). The average Bonchev–Trinajstić information content (AvgIpc) is 2.34. The second kappa shape index (κ2) is 12.2. The molecule has 0 spiro atoms. The highest BCUT2D eigenvalue weighted by atomic mass is 32.2. The molecule has 0 radical (unpaired) electrons. The van der Waals surface area contributed by atoms with Gasteiger partial charge >= 0.3 is 0 Å². The Hall–Kier alpha value is -0.870. The first kappa shape index (κ1) is 18.1. The summed E-state index contributed by atoms with van der Waals surface area (Å²) in [6, 6.07) is 0. The van der Waals surface area contributed by atoms with Gasteiger partial charge in [-0.25, -0.2) is 0 Å². The molecule has 0 amide bonds. The molecule has 0 saturated heterocycles. The van der Waals surface area contributed by atoms with Crippen LogP contribution in [0.1, 0.15) is 51.9 Å². The SMILES string of the molecule is CC=CCCC=CCCC=CCCCCS(=O)(=O)O. The van der Waals surface area contributed by atoms with Crippen molar-refractivity contribution in [1.29, 1.82) is 0 Å². The van der Waals surface area contributed by atoms with Crippen molar-refractivity contribution in [3.05, 3.63) is 36.5 Å². The lowest BCUT2D eigenvalue weighted by Gasteiger charge is -1.95. The van der Waals surface area contributed by atoms with Crippen LogP contribution in [0.5, 0.6) is 0 Å². The second-order valence-corrected chi connectivity index (χ2v) is 6.02. The largest absolute Gasteiger partial charge is 0.286 e. The highest BCUT2D eigenvalue weighted by Crippen LogP contribution is 2.02. The van der Waals surface area contributed by atoms with Gasteiger partial charge in [0, 0.05) is 0 Å². The molecule has 0 aliphatic rings. The van der Waals surface area contributed by atoms with Gasteiger partial charge in [0.05, 0.1) is 5.75 Å². The van der Waals surface area contributed by atoms with Crippen molar-refractivity contribution in [2.75, 3.05) is 5.75 Å². The third-order valence-corrected chi connectivity index (χ3v) is 3.40. The molecular weight excluding hydrogens is 260 g/mol. The molecule has 0 saturated carbocycles. The van der Waals surface area contributed by atoms with Gasteiger partial charge in [0.15, 0.2) is 0 Å². The van der Waals surface area contributed by atoms with Crippen LogP contribution < -0.4 is 0 Å². The van der Waals surface area contributed by atoms with Gasteiger partial charge in [-0.15, -0.1) is 0 Å². The van der Waals surface area contributed by atoms with Gasteiger partial charge < -0.3 is 0 Å². The first-order chi connectivity index (χ1) is 9.06. The zero-order chi connectivity index (χ0) is 14.4. The Kier molecular flexibility index (Phi) is 11.6. The van der Waals surface area contributed by atoms with Gasteiger partial charge in [-0.3, -0.25) is 4.55 Å². The molecule has 4 heteroatoms. The summed E-state index contributed by atoms with van der Waals surface area (Å²) in [5, 5.41) is 0. The van der Waals surface area contributed by atoms with E-state index in [1.807, 2.05) is 6.92 Å². The molecule has 110 valence electrons. The average molecular weight is 286 g/mol. The topological polar surface area (TPSA) is 54.4 Å². The molecule has 3 nitrogen and oxygen atoms in total. The van der Waals surface area contributed by atoms with E-state index in [9.17, 15) is 8.42 Å². The number of allylic oxidation sites excluding steroid dienone is 6. The Labute approximate surface area is 117 Å². The lowest BCUT2D eigenvalue weighted by molar-refractivity contribution is 0.480. The predicted octanol–water partition coefficient (Wildman–Crippen LogP) is 4.29. The maximum atomic E-state index is 10.5. The molecule has 0 bridgehead atoms. The van der Waals surface area contributed by atoms with E-state index in [0.717, 1.165) is 38.5 Å². The Morgan fingerprint density at radius 1 is 0.789 bits per heavy atom. The summed E-state index contributed by atoms with van der Waals surface area (Å²) in [4.78, 5) is 0. The van der Waals surface area contributed by atoms with E-state index in [2.05, 4.69) is 36.5 Å². The Morgan fingerprint density at radius 3 is 1.74 bits per heavy atom. The Morgan fingerprint density at radius 2 is 1.26 bits per heavy atom. The molecule has 0 heterocycles. The number of unbranched alkanes of at least 4 members (excludes halogenated alkanes) is 4. The maximum Gasteiger partial charge on any atom is 0.264 e. The first-order valence-electron chi connectivity index (χ1n) is 6.92. The molecule has 1 N–H and O–H groups in total. The van der Waals surface area contributed by atoms with Crippen LogP contribution in [0.25, 0.3) is 0 Å². The van der Waals surface area contributed by atoms with Crippen LogP contribution in [0.4, 0.5) is 0 Å². The summed E-state index contributed by atoms with van der Waals surface area (Å²) in [5.74, 6) is -0.129. The smallest absolute Gasteiger partial charge is 0.264 e. The molecule has 0 fully saturated rings. The number of rotatable bonds is 11. The van der Waals surface area contributed by atoms with E-state index in [1.165, 1.54) is 0 Å². The molecule has 0 atom stereocenters. The van der Waals surface area contributed by atoms with E-state index < -0.39 is 10.1 Å². The Balaban J connectivity index is 3.35. The standard InChI is InChI=1S/C15H26O3S/c1-2-3-4-5-6-7-8-9-10-11-12-13-14-15-19(16,17)18/h2-3,6-7,10-11H,4-5,8-9,12-15H2,1H3,(H,16,17,18). The molecular formula is C15H26O3S. The van der Waals surface area contributed by atoms with Crippen molar-refractivity contribution < 1.29 is 13.0 Å². The molecule has 0 aromatic carbocycles. The van der Waals surface area contributed by atoms with Gasteiger partial charge in [0.1, 0.15) is 0 Å². The van der Waals surface area contributed by atoms with Crippen LogP contribution in [0, 0.1) is 0 Å². The van der Waals surface area contributed by atoms with E-state index in [-0.39, 0.29) is 5.75 Å². The zero-order valence-electron chi connectivity index (χ0n) is 11.8. The summed E-state index contributed by atoms with van der Waals surface area (Å²) in [7, 11) is -3.78. The fourth-order valence-electron chi connectivity index (χ4n) is 1.57. The third-order valence-electron chi connectivity index (χ3n) is 2.59. The maximum absolute atomic E-state index is 10.5. The van der Waals surface area contributed by atoms with Gasteiger partial charge in [-0.2, -0.15) is 8.42 Å². The minimum absolute atomic E-state index is 0.129. The van der Waals surface area contributed by atoms with Crippen LogP contribution in [0.2, 0.25) is 0 Å². The summed E-state index contributed by atoms with van der Waals surface area (Å²) >= 11 is 0. The predicted molar refractivity (Wildman–Crippen MR) is 81.8 cm³/mol. The van der Waals surface area contributed by atoms with Gasteiger partial charge in [0.25, 0.3) is 10.1 Å². The summed E-state index contributed by atoms with van der Waals surface area (Å²) in [6.45, 7) is 2.03. The molecule has 0 aromatic heterocycles. The van der Waals surface area contributed by atoms with Crippen LogP contribution in [-0.2, 0) is 10.1 Å². The van der Waals surface area contributed by atoms with Crippen molar-refractivity contribution in [3.8, 4) is 0 Å². The highest BCUT2D eigenvalue weighted by molar-refractivity contribution is 7.85. The minimum atomic E-state index is -3.78. The second-order valence-electron chi connectivity index (χ2n) is 4.45. The van der Waals surface area contributed by atoms with Crippen LogP contribution in [0.3, 0.4) is 0 Å². The van der Waals surface area contributed by atoms with Crippen molar-refractivity contribution >= 4 is 10.1 Å². The highest BCUT2D eigenvalue weighted by Gasteiger charge is 2.01. The lowest BCUT2D eigenvalue weighted by Crippen LogP contribution is -2.02. The van der Waals surface area contributed by atoms with E-state index >= 15 is 0 Å². The molecule has 0 aromatic rings. The minimum Gasteiger partial charge on any atom is -0.286 e. The molecule has 0 aliphatic carbocycles. The normalized spacial score (nSPS) is 13.2. The van der Waals surface area contributed by atoms with E-state index in [4.69, 9.17) is 4.55 Å². The van der Waals surface area contributed by atoms with E-state index in [0.29, 0.717) is 6.42 Å². The molecule has 0 aliphatic heterocycles. The molecule has 19 heavy (non-hydrogen) atoms. The van der Waals surface area contributed by atoms with Crippen molar-refractivity contribution in [2.24, 2.45) is 0 Å². The van der Waals surface area contributed by atoms with Gasteiger partial charge in [-0.1, -0.05) is 36.5 Å². The third kappa shape index (κ3) is 17.1. The van der Waals surface area contributed by atoms with Crippen LogP contribution in [-0.4, -0.2) is 18.7 Å². The number of hydrogen-bond acceptors (Lipinski definition) is 2. The number of hydrogen-bond donors (Lipinski definition) is 1. The quantitative estimate of drug-likeness (QED) is 0.350. The van der Waals surface area contributed by atoms with Crippen LogP contribution >= 0.6 is 0 Å². The lowest BCUT2D eigenvalue weighted by atomic mass is 10.2. The fraction of sp³-hybridized carbons (Fsp3) is 0.600. The van der Waals surface area contributed by atoms with Gasteiger partial charge in [-0.05, 0) is 51.9 Å². The zero-order valence-corrected chi connectivity index (χ0v) is 12.6. The monoisotopic (exact) mass is 286 g/mol. The van der Waals surface area contributed by atoms with E-state index in [1.54, 1.807) is 0 Å². The van der Waals surface area contributed by atoms with Gasteiger partial charge in [0.2, 0.25) is 0 Å². The van der Waals surface area contributed by atoms with Crippen molar-refractivity contribution in [2.45, 2.75) is 51.9 Å². The summed E-state index contributed by atoms with van der Waals surface area (Å²) in [6.07, 6.45) is 19.3. The summed E-state index contributed by atoms with van der Waals surface area (Å²) in [5.41, 5.74) is 0. The Bertz CT molecular complexity index is 378. The fourth-order valence-corrected chi connectivity index (χ4v) is 2.14. The van der Waals surface area contributed by atoms with Crippen molar-refractivity contribution in [3.63, 3.8) is 0 Å².